The Morgan fingerprint density at radius 3 is 2.56 bits per heavy atom. The molecule has 3 nitrogen and oxygen atoms in total. The van der Waals surface area contributed by atoms with Gasteiger partial charge in [0.15, 0.2) is 5.13 Å². The molecule has 0 saturated heterocycles. The van der Waals surface area contributed by atoms with Gasteiger partial charge < -0.3 is 10.6 Å². The van der Waals surface area contributed by atoms with Crippen molar-refractivity contribution in [3.63, 3.8) is 0 Å². The van der Waals surface area contributed by atoms with Crippen molar-refractivity contribution in [2.45, 2.75) is 26.4 Å². The van der Waals surface area contributed by atoms with Gasteiger partial charge in [-0.05, 0) is 19.4 Å². The largest absolute Gasteiger partial charge is 0.347 e. The molecule has 0 bridgehead atoms. The summed E-state index contributed by atoms with van der Waals surface area (Å²) in [6.07, 6.45) is 0. The third-order valence-electron chi connectivity index (χ3n) is 2.84. The van der Waals surface area contributed by atoms with Gasteiger partial charge in [0.05, 0.1) is 5.69 Å². The minimum absolute atomic E-state index is 0.00257. The second kappa shape index (κ2) is 5.50. The summed E-state index contributed by atoms with van der Waals surface area (Å²) in [7, 11) is 2.06. The molecule has 1 heterocycles. The van der Waals surface area contributed by atoms with Crippen molar-refractivity contribution in [3.8, 4) is 0 Å². The van der Waals surface area contributed by atoms with Gasteiger partial charge in [-0.25, -0.2) is 4.98 Å². The van der Waals surface area contributed by atoms with Crippen LogP contribution in [0.25, 0.3) is 0 Å². The number of aryl methyl sites for hydroxylation is 1. The lowest BCUT2D eigenvalue weighted by molar-refractivity contribution is 0.783. The molecule has 2 N–H and O–H groups in total. The molecule has 1 unspecified atom stereocenters. The molecule has 0 radical (unpaired) electrons. The van der Waals surface area contributed by atoms with Crippen LogP contribution in [0.4, 0.5) is 5.13 Å². The van der Waals surface area contributed by atoms with E-state index in [1.54, 1.807) is 11.3 Å². The number of hydrogen-bond acceptors (Lipinski definition) is 4. The number of aromatic nitrogens is 1. The minimum atomic E-state index is 0.00257. The number of benzene rings is 1. The van der Waals surface area contributed by atoms with Gasteiger partial charge in [-0.3, -0.25) is 0 Å². The lowest BCUT2D eigenvalue weighted by Crippen LogP contribution is -2.16. The van der Waals surface area contributed by atoms with Crippen LogP contribution in [-0.4, -0.2) is 12.0 Å². The molecule has 2 aromatic rings. The Balaban J connectivity index is 2.06. The summed E-state index contributed by atoms with van der Waals surface area (Å²) < 4.78 is 0. The Kier molecular flexibility index (Phi) is 3.99. The summed E-state index contributed by atoms with van der Waals surface area (Å²) in [6.45, 7) is 4.92. The molecule has 1 aromatic carbocycles. The molecular formula is C14H19N3S. The second-order valence-corrected chi connectivity index (χ2v) is 5.52. The van der Waals surface area contributed by atoms with Crippen molar-refractivity contribution in [2.24, 2.45) is 5.73 Å². The third-order valence-corrected chi connectivity index (χ3v) is 3.82. The van der Waals surface area contributed by atoms with Crippen LogP contribution in [-0.2, 0) is 6.54 Å². The molecule has 0 aliphatic carbocycles. The topological polar surface area (TPSA) is 42.2 Å². The third kappa shape index (κ3) is 3.09. The van der Waals surface area contributed by atoms with Crippen molar-refractivity contribution in [1.29, 1.82) is 0 Å². The van der Waals surface area contributed by atoms with E-state index in [4.69, 9.17) is 5.73 Å². The molecule has 1 atom stereocenters. The summed E-state index contributed by atoms with van der Waals surface area (Å²) in [5, 5.41) is 3.05. The number of nitrogens with two attached hydrogens (primary N) is 1. The van der Waals surface area contributed by atoms with E-state index in [2.05, 4.69) is 48.1 Å². The Morgan fingerprint density at radius 1 is 1.33 bits per heavy atom. The summed E-state index contributed by atoms with van der Waals surface area (Å²) in [5.74, 6) is 0. The minimum Gasteiger partial charge on any atom is -0.347 e. The van der Waals surface area contributed by atoms with Crippen molar-refractivity contribution >= 4 is 16.5 Å². The van der Waals surface area contributed by atoms with Crippen LogP contribution >= 0.6 is 11.3 Å². The van der Waals surface area contributed by atoms with Gasteiger partial charge in [0.25, 0.3) is 0 Å². The fourth-order valence-corrected chi connectivity index (χ4v) is 2.59. The van der Waals surface area contributed by atoms with Gasteiger partial charge in [-0.1, -0.05) is 29.8 Å². The average molecular weight is 261 g/mol. The van der Waals surface area contributed by atoms with Crippen LogP contribution in [0.5, 0.6) is 0 Å². The van der Waals surface area contributed by atoms with Gasteiger partial charge in [-0.2, -0.15) is 0 Å². The lowest BCUT2D eigenvalue weighted by atomic mass is 10.1. The Morgan fingerprint density at radius 2 is 2.00 bits per heavy atom. The van der Waals surface area contributed by atoms with E-state index in [9.17, 15) is 0 Å². The molecule has 0 aliphatic heterocycles. The highest BCUT2D eigenvalue weighted by Crippen LogP contribution is 2.23. The number of nitrogens with zero attached hydrogens (tertiary/aromatic N) is 2. The molecular weight excluding hydrogens is 242 g/mol. The van der Waals surface area contributed by atoms with Crippen LogP contribution in [0.2, 0.25) is 0 Å². The number of rotatable bonds is 4. The van der Waals surface area contributed by atoms with E-state index in [1.807, 2.05) is 12.3 Å². The molecule has 0 spiro atoms. The van der Waals surface area contributed by atoms with Crippen LogP contribution in [0.15, 0.2) is 29.6 Å². The van der Waals surface area contributed by atoms with Gasteiger partial charge in [0, 0.05) is 25.0 Å². The highest BCUT2D eigenvalue weighted by Gasteiger charge is 2.09. The molecule has 1 aromatic heterocycles. The van der Waals surface area contributed by atoms with E-state index in [0.29, 0.717) is 0 Å². The molecule has 18 heavy (non-hydrogen) atoms. The zero-order valence-corrected chi connectivity index (χ0v) is 11.9. The fraction of sp³-hybridized carbons (Fsp3) is 0.357. The standard InChI is InChI=1S/C14H19N3S/c1-10-4-6-12(7-5-10)8-17(3)14-16-13(9-18-14)11(2)15/h4-7,9,11H,8,15H2,1-3H3. The van der Waals surface area contributed by atoms with Gasteiger partial charge in [-0.15, -0.1) is 11.3 Å². The molecule has 0 saturated carbocycles. The number of thiazole rings is 1. The van der Waals surface area contributed by atoms with E-state index in [-0.39, 0.29) is 6.04 Å². The Hall–Kier alpha value is -1.39. The number of anilines is 1. The van der Waals surface area contributed by atoms with Crippen molar-refractivity contribution < 1.29 is 0 Å². The second-order valence-electron chi connectivity index (χ2n) is 4.69. The van der Waals surface area contributed by atoms with E-state index in [0.717, 1.165) is 17.4 Å². The van der Waals surface area contributed by atoms with Crippen molar-refractivity contribution in [3.05, 3.63) is 46.5 Å². The fourth-order valence-electron chi connectivity index (χ4n) is 1.70. The normalized spacial score (nSPS) is 12.4. The van der Waals surface area contributed by atoms with E-state index >= 15 is 0 Å². The molecule has 0 fully saturated rings. The predicted molar refractivity (Wildman–Crippen MR) is 78.0 cm³/mol. The van der Waals surface area contributed by atoms with Crippen molar-refractivity contribution in [1.82, 2.24) is 4.98 Å². The quantitative estimate of drug-likeness (QED) is 0.919. The highest BCUT2D eigenvalue weighted by atomic mass is 32.1. The zero-order valence-electron chi connectivity index (χ0n) is 11.1. The first kappa shape index (κ1) is 13.1. The van der Waals surface area contributed by atoms with Crippen molar-refractivity contribution in [2.75, 3.05) is 11.9 Å². The summed E-state index contributed by atoms with van der Waals surface area (Å²) >= 11 is 1.64. The highest BCUT2D eigenvalue weighted by molar-refractivity contribution is 7.13. The van der Waals surface area contributed by atoms with Crippen LogP contribution in [0.3, 0.4) is 0 Å². The maximum absolute atomic E-state index is 5.82. The molecule has 0 aliphatic rings. The molecule has 2 rings (SSSR count). The van der Waals surface area contributed by atoms with Crippen LogP contribution in [0.1, 0.15) is 29.8 Å². The Bertz CT molecular complexity index is 502. The molecule has 0 amide bonds. The first-order chi connectivity index (χ1) is 8.56. The monoisotopic (exact) mass is 261 g/mol. The summed E-state index contributed by atoms with van der Waals surface area (Å²) in [4.78, 5) is 6.70. The first-order valence-corrected chi connectivity index (χ1v) is 6.92. The average Bonchev–Trinajstić information content (AvgIpc) is 2.81. The predicted octanol–water partition coefficient (Wildman–Crippen LogP) is 3.11. The van der Waals surface area contributed by atoms with E-state index in [1.165, 1.54) is 11.1 Å². The maximum Gasteiger partial charge on any atom is 0.185 e. The van der Waals surface area contributed by atoms with E-state index < -0.39 is 0 Å². The van der Waals surface area contributed by atoms with Crippen LogP contribution in [0, 0.1) is 6.92 Å². The lowest BCUT2D eigenvalue weighted by Gasteiger charge is -2.15. The van der Waals surface area contributed by atoms with Gasteiger partial charge in [0.1, 0.15) is 0 Å². The Labute approximate surface area is 112 Å². The smallest absolute Gasteiger partial charge is 0.185 e. The number of hydrogen-bond donors (Lipinski definition) is 1. The SMILES string of the molecule is Cc1ccc(CN(C)c2nc(C(C)N)cs2)cc1. The zero-order chi connectivity index (χ0) is 13.1. The van der Waals surface area contributed by atoms with Crippen LogP contribution < -0.4 is 10.6 Å². The van der Waals surface area contributed by atoms with Gasteiger partial charge in [0.2, 0.25) is 0 Å². The maximum atomic E-state index is 5.82. The molecule has 96 valence electrons. The molecule has 4 heteroatoms. The summed E-state index contributed by atoms with van der Waals surface area (Å²) in [6, 6.07) is 8.59. The summed E-state index contributed by atoms with van der Waals surface area (Å²) in [5.41, 5.74) is 9.36. The first-order valence-electron chi connectivity index (χ1n) is 6.04. The van der Waals surface area contributed by atoms with Gasteiger partial charge >= 0.3 is 0 Å².